The summed E-state index contributed by atoms with van der Waals surface area (Å²) in [6.07, 6.45) is 5.45. The zero-order valence-electron chi connectivity index (χ0n) is 12.1. The summed E-state index contributed by atoms with van der Waals surface area (Å²) in [5.74, 6) is 2.45. The van der Waals surface area contributed by atoms with Crippen molar-refractivity contribution in [2.45, 2.75) is 52.4 Å². The minimum Gasteiger partial charge on any atom is -0.385 e. The van der Waals surface area contributed by atoms with E-state index in [1.165, 1.54) is 36.9 Å². The summed E-state index contributed by atoms with van der Waals surface area (Å²) >= 11 is 0. The lowest BCUT2D eigenvalue weighted by molar-refractivity contribution is 0.439. The van der Waals surface area contributed by atoms with Crippen molar-refractivity contribution in [1.29, 1.82) is 0 Å². The van der Waals surface area contributed by atoms with E-state index >= 15 is 0 Å². The molecule has 1 aliphatic rings. The summed E-state index contributed by atoms with van der Waals surface area (Å²) in [5.41, 5.74) is 2.73. The number of hydrogen-bond acceptors (Lipinski definition) is 1. The van der Waals surface area contributed by atoms with Gasteiger partial charge >= 0.3 is 0 Å². The maximum absolute atomic E-state index is 3.60. The molecule has 0 aliphatic heterocycles. The van der Waals surface area contributed by atoms with Crippen molar-refractivity contribution in [2.75, 3.05) is 11.9 Å². The monoisotopic (exact) mass is 245 g/mol. The van der Waals surface area contributed by atoms with Gasteiger partial charge in [0.15, 0.2) is 0 Å². The molecule has 1 aromatic rings. The molecule has 1 fully saturated rings. The quantitative estimate of drug-likeness (QED) is 0.765. The SMILES string of the molecule is CCC(C)c1ccc(NCC2CCCC2C)cc1. The predicted molar refractivity (Wildman–Crippen MR) is 80.1 cm³/mol. The Balaban J connectivity index is 1.86. The fourth-order valence-electron chi connectivity index (χ4n) is 2.94. The Morgan fingerprint density at radius 3 is 2.50 bits per heavy atom. The van der Waals surface area contributed by atoms with Gasteiger partial charge in [-0.3, -0.25) is 0 Å². The van der Waals surface area contributed by atoms with Crippen LogP contribution in [0.5, 0.6) is 0 Å². The molecule has 100 valence electrons. The fourth-order valence-corrected chi connectivity index (χ4v) is 2.94. The average molecular weight is 245 g/mol. The van der Waals surface area contributed by atoms with Crippen molar-refractivity contribution < 1.29 is 0 Å². The third-order valence-corrected chi connectivity index (χ3v) is 4.70. The first-order valence-corrected chi connectivity index (χ1v) is 7.54. The molecule has 0 heterocycles. The minimum absolute atomic E-state index is 0.675. The largest absolute Gasteiger partial charge is 0.385 e. The van der Waals surface area contributed by atoms with Gasteiger partial charge in [0, 0.05) is 12.2 Å². The first-order valence-electron chi connectivity index (χ1n) is 7.54. The van der Waals surface area contributed by atoms with Crippen LogP contribution in [0.2, 0.25) is 0 Å². The Hall–Kier alpha value is -0.980. The van der Waals surface area contributed by atoms with Crippen molar-refractivity contribution in [3.8, 4) is 0 Å². The maximum Gasteiger partial charge on any atom is 0.0340 e. The highest BCUT2D eigenvalue weighted by atomic mass is 14.9. The summed E-state index contributed by atoms with van der Waals surface area (Å²) in [4.78, 5) is 0. The van der Waals surface area contributed by atoms with Crippen LogP contribution in [0.4, 0.5) is 5.69 Å². The number of hydrogen-bond donors (Lipinski definition) is 1. The Bertz CT molecular complexity index is 354. The molecule has 1 aromatic carbocycles. The van der Waals surface area contributed by atoms with Crippen LogP contribution in [0.1, 0.15) is 57.9 Å². The minimum atomic E-state index is 0.675. The van der Waals surface area contributed by atoms with Gasteiger partial charge in [0.25, 0.3) is 0 Å². The standard InChI is InChI=1S/C17H27N/c1-4-13(2)15-8-10-17(11-9-15)18-12-16-7-5-6-14(16)3/h8-11,13-14,16,18H,4-7,12H2,1-3H3. The highest BCUT2D eigenvalue weighted by Crippen LogP contribution is 2.31. The summed E-state index contributed by atoms with van der Waals surface area (Å²) in [6.45, 7) is 8.08. The third kappa shape index (κ3) is 3.28. The van der Waals surface area contributed by atoms with Crippen LogP contribution in [-0.2, 0) is 0 Å². The van der Waals surface area contributed by atoms with Crippen LogP contribution < -0.4 is 5.32 Å². The number of benzene rings is 1. The molecule has 0 amide bonds. The normalized spacial score (nSPS) is 25.1. The van der Waals surface area contributed by atoms with Crippen LogP contribution in [0.3, 0.4) is 0 Å². The highest BCUT2D eigenvalue weighted by molar-refractivity contribution is 5.45. The van der Waals surface area contributed by atoms with Crippen LogP contribution in [0, 0.1) is 11.8 Å². The Morgan fingerprint density at radius 2 is 1.94 bits per heavy atom. The van der Waals surface area contributed by atoms with Crippen molar-refractivity contribution in [2.24, 2.45) is 11.8 Å². The molecular formula is C17H27N. The second-order valence-electron chi connectivity index (χ2n) is 5.98. The topological polar surface area (TPSA) is 12.0 Å². The van der Waals surface area contributed by atoms with E-state index in [1.54, 1.807) is 0 Å². The second-order valence-corrected chi connectivity index (χ2v) is 5.98. The Kier molecular flexibility index (Phi) is 4.68. The van der Waals surface area contributed by atoms with Crippen molar-refractivity contribution in [3.63, 3.8) is 0 Å². The molecule has 1 N–H and O–H groups in total. The van der Waals surface area contributed by atoms with Gasteiger partial charge in [-0.05, 0) is 48.3 Å². The van der Waals surface area contributed by atoms with Crippen molar-refractivity contribution in [1.82, 2.24) is 0 Å². The van der Waals surface area contributed by atoms with Gasteiger partial charge in [0.05, 0.1) is 0 Å². The highest BCUT2D eigenvalue weighted by Gasteiger charge is 2.22. The first kappa shape index (κ1) is 13.5. The van der Waals surface area contributed by atoms with E-state index in [1.807, 2.05) is 0 Å². The van der Waals surface area contributed by atoms with E-state index in [0.29, 0.717) is 5.92 Å². The molecule has 0 radical (unpaired) electrons. The summed E-state index contributed by atoms with van der Waals surface area (Å²) < 4.78 is 0. The van der Waals surface area contributed by atoms with Gasteiger partial charge in [-0.25, -0.2) is 0 Å². The van der Waals surface area contributed by atoms with Gasteiger partial charge in [-0.2, -0.15) is 0 Å². The van der Waals surface area contributed by atoms with E-state index in [4.69, 9.17) is 0 Å². The second kappa shape index (κ2) is 6.26. The van der Waals surface area contributed by atoms with Crippen molar-refractivity contribution >= 4 is 5.69 Å². The molecule has 1 nitrogen and oxygen atoms in total. The fraction of sp³-hybridized carbons (Fsp3) is 0.647. The lowest BCUT2D eigenvalue weighted by Gasteiger charge is -2.17. The molecule has 3 unspecified atom stereocenters. The first-order chi connectivity index (χ1) is 8.70. The molecule has 3 atom stereocenters. The van der Waals surface area contributed by atoms with E-state index in [-0.39, 0.29) is 0 Å². The smallest absolute Gasteiger partial charge is 0.0340 e. The van der Waals surface area contributed by atoms with E-state index in [9.17, 15) is 0 Å². The molecule has 1 saturated carbocycles. The molecule has 2 rings (SSSR count). The average Bonchev–Trinajstić information content (AvgIpc) is 2.81. The van der Waals surface area contributed by atoms with Gasteiger partial charge in [-0.15, -0.1) is 0 Å². The van der Waals surface area contributed by atoms with Crippen LogP contribution in [0.25, 0.3) is 0 Å². The van der Waals surface area contributed by atoms with Gasteiger partial charge in [-0.1, -0.05) is 45.7 Å². The van der Waals surface area contributed by atoms with Crippen molar-refractivity contribution in [3.05, 3.63) is 29.8 Å². The molecule has 18 heavy (non-hydrogen) atoms. The molecule has 0 spiro atoms. The predicted octanol–water partition coefficient (Wildman–Crippen LogP) is 5.05. The van der Waals surface area contributed by atoms with Gasteiger partial charge in [0.2, 0.25) is 0 Å². The molecule has 0 saturated heterocycles. The maximum atomic E-state index is 3.60. The number of rotatable bonds is 5. The molecule has 0 aromatic heterocycles. The Morgan fingerprint density at radius 1 is 1.22 bits per heavy atom. The molecular weight excluding hydrogens is 218 g/mol. The van der Waals surface area contributed by atoms with E-state index in [0.717, 1.165) is 18.4 Å². The lowest BCUT2D eigenvalue weighted by atomic mass is 9.97. The molecule has 0 bridgehead atoms. The lowest BCUT2D eigenvalue weighted by Crippen LogP contribution is -2.16. The van der Waals surface area contributed by atoms with E-state index in [2.05, 4.69) is 50.4 Å². The zero-order chi connectivity index (χ0) is 13.0. The number of anilines is 1. The van der Waals surface area contributed by atoms with Gasteiger partial charge < -0.3 is 5.32 Å². The zero-order valence-corrected chi connectivity index (χ0v) is 12.1. The third-order valence-electron chi connectivity index (χ3n) is 4.70. The molecule has 1 aliphatic carbocycles. The van der Waals surface area contributed by atoms with Crippen LogP contribution in [-0.4, -0.2) is 6.54 Å². The summed E-state index contributed by atoms with van der Waals surface area (Å²) in [5, 5.41) is 3.60. The molecule has 1 heteroatoms. The van der Waals surface area contributed by atoms with Crippen LogP contribution in [0.15, 0.2) is 24.3 Å². The summed E-state index contributed by atoms with van der Waals surface area (Å²) in [7, 11) is 0. The van der Waals surface area contributed by atoms with E-state index < -0.39 is 0 Å². The van der Waals surface area contributed by atoms with Crippen LogP contribution >= 0.6 is 0 Å². The Labute approximate surface area is 112 Å². The number of nitrogens with one attached hydrogen (secondary N) is 1. The van der Waals surface area contributed by atoms with Gasteiger partial charge in [0.1, 0.15) is 0 Å². The summed E-state index contributed by atoms with van der Waals surface area (Å²) in [6, 6.07) is 9.02.